The van der Waals surface area contributed by atoms with Gasteiger partial charge in [0.25, 0.3) is 0 Å². The van der Waals surface area contributed by atoms with Crippen molar-refractivity contribution in [2.75, 3.05) is 5.33 Å². The molecule has 0 fully saturated rings. The molecule has 0 aliphatic carbocycles. The Balaban J connectivity index is 3.12. The topological polar surface area (TPSA) is 20.2 Å². The zero-order chi connectivity index (χ0) is 9.84. The van der Waals surface area contributed by atoms with Crippen molar-refractivity contribution in [2.24, 2.45) is 0 Å². The molecule has 0 aliphatic heterocycles. The second kappa shape index (κ2) is 4.42. The van der Waals surface area contributed by atoms with Crippen LogP contribution in [0.4, 0.5) is 4.39 Å². The van der Waals surface area contributed by atoms with Gasteiger partial charge in [0.2, 0.25) is 0 Å². The third-order valence-corrected chi connectivity index (χ3v) is 2.06. The van der Waals surface area contributed by atoms with Crippen molar-refractivity contribution in [3.05, 3.63) is 35.2 Å². The van der Waals surface area contributed by atoms with Crippen LogP contribution >= 0.6 is 15.9 Å². The summed E-state index contributed by atoms with van der Waals surface area (Å²) in [6.45, 7) is 1.67. The Morgan fingerprint density at radius 3 is 2.85 bits per heavy atom. The van der Waals surface area contributed by atoms with E-state index in [1.165, 1.54) is 12.1 Å². The highest BCUT2D eigenvalue weighted by molar-refractivity contribution is 9.09. The molecular formula is C10H10BrFO. The molecule has 3 heteroatoms. The van der Waals surface area contributed by atoms with E-state index in [-0.39, 0.29) is 11.6 Å². The Morgan fingerprint density at radius 2 is 2.23 bits per heavy atom. The van der Waals surface area contributed by atoms with Crippen molar-refractivity contribution in [3.8, 4) is 5.75 Å². The summed E-state index contributed by atoms with van der Waals surface area (Å²) in [5.74, 6) is -0.192. The quantitative estimate of drug-likeness (QED) is 0.793. The minimum atomic E-state index is -0.329. The summed E-state index contributed by atoms with van der Waals surface area (Å²) in [5.41, 5.74) is 1.06. The summed E-state index contributed by atoms with van der Waals surface area (Å²) in [6.07, 6.45) is 3.48. The number of alkyl halides is 1. The first kappa shape index (κ1) is 10.3. The summed E-state index contributed by atoms with van der Waals surface area (Å²) in [6, 6.07) is 2.61. The number of benzene rings is 1. The molecule has 0 amide bonds. The van der Waals surface area contributed by atoms with Crippen molar-refractivity contribution in [1.82, 2.24) is 0 Å². The molecular weight excluding hydrogens is 235 g/mol. The second-order valence-electron chi connectivity index (χ2n) is 2.72. The first-order chi connectivity index (χ1) is 6.15. The largest absolute Gasteiger partial charge is 0.507 e. The highest BCUT2D eigenvalue weighted by atomic mass is 79.9. The van der Waals surface area contributed by atoms with Gasteiger partial charge in [-0.05, 0) is 24.6 Å². The van der Waals surface area contributed by atoms with Gasteiger partial charge in [-0.2, -0.15) is 0 Å². The average Bonchev–Trinajstić information content (AvgIpc) is 2.09. The molecule has 1 N–H and O–H groups in total. The van der Waals surface area contributed by atoms with Crippen molar-refractivity contribution in [1.29, 1.82) is 0 Å². The van der Waals surface area contributed by atoms with Gasteiger partial charge in [-0.1, -0.05) is 28.1 Å². The van der Waals surface area contributed by atoms with Crippen LogP contribution in [0.15, 0.2) is 18.2 Å². The maximum Gasteiger partial charge on any atom is 0.125 e. The van der Waals surface area contributed by atoms with E-state index in [2.05, 4.69) is 15.9 Å². The van der Waals surface area contributed by atoms with Gasteiger partial charge in [0.15, 0.2) is 0 Å². The SMILES string of the molecule is Cc1cc(F)cc(C=CCBr)c1O. The summed E-state index contributed by atoms with van der Waals surface area (Å²) in [7, 11) is 0. The van der Waals surface area contributed by atoms with E-state index in [9.17, 15) is 9.50 Å². The van der Waals surface area contributed by atoms with Crippen molar-refractivity contribution in [3.63, 3.8) is 0 Å². The molecule has 0 atom stereocenters. The molecule has 70 valence electrons. The number of hydrogen-bond donors (Lipinski definition) is 1. The lowest BCUT2D eigenvalue weighted by Crippen LogP contribution is -1.83. The lowest BCUT2D eigenvalue weighted by Gasteiger charge is -2.02. The highest BCUT2D eigenvalue weighted by Gasteiger charge is 2.03. The number of phenolic OH excluding ortho intramolecular Hbond substituents is 1. The van der Waals surface area contributed by atoms with E-state index in [1.807, 2.05) is 0 Å². The fourth-order valence-corrected chi connectivity index (χ4v) is 1.25. The molecule has 13 heavy (non-hydrogen) atoms. The standard InChI is InChI=1S/C10H10BrFO/c1-7-5-9(12)6-8(10(7)13)3-2-4-11/h2-3,5-6,13H,4H2,1H3. The molecule has 0 aromatic heterocycles. The van der Waals surface area contributed by atoms with Crippen molar-refractivity contribution < 1.29 is 9.50 Å². The summed E-state index contributed by atoms with van der Waals surface area (Å²) in [5, 5.41) is 10.2. The van der Waals surface area contributed by atoms with Crippen LogP contribution in [0.5, 0.6) is 5.75 Å². The highest BCUT2D eigenvalue weighted by Crippen LogP contribution is 2.24. The molecule has 1 aromatic carbocycles. The van der Waals surface area contributed by atoms with E-state index in [0.717, 1.165) is 0 Å². The molecule has 1 rings (SSSR count). The number of allylic oxidation sites excluding steroid dienone is 1. The number of halogens is 2. The molecule has 0 saturated carbocycles. The zero-order valence-electron chi connectivity index (χ0n) is 7.22. The first-order valence-electron chi connectivity index (χ1n) is 3.86. The molecule has 1 nitrogen and oxygen atoms in total. The van der Waals surface area contributed by atoms with Crippen LogP contribution in [0.25, 0.3) is 6.08 Å². The predicted octanol–water partition coefficient (Wildman–Crippen LogP) is 3.25. The third-order valence-electron chi connectivity index (χ3n) is 1.68. The Hall–Kier alpha value is -0.830. The smallest absolute Gasteiger partial charge is 0.125 e. The average molecular weight is 245 g/mol. The maximum atomic E-state index is 12.9. The Kier molecular flexibility index (Phi) is 3.48. The fraction of sp³-hybridized carbons (Fsp3) is 0.200. The maximum absolute atomic E-state index is 12.9. The Morgan fingerprint density at radius 1 is 1.54 bits per heavy atom. The lowest BCUT2D eigenvalue weighted by atomic mass is 10.1. The van der Waals surface area contributed by atoms with E-state index in [0.29, 0.717) is 16.5 Å². The normalized spacial score (nSPS) is 11.0. The first-order valence-corrected chi connectivity index (χ1v) is 4.99. The van der Waals surface area contributed by atoms with Gasteiger partial charge in [-0.25, -0.2) is 4.39 Å². The van der Waals surface area contributed by atoms with Crippen molar-refractivity contribution in [2.45, 2.75) is 6.92 Å². The number of aryl methyl sites for hydroxylation is 1. The number of phenols is 1. The third kappa shape index (κ3) is 2.56. The molecule has 0 heterocycles. The number of aromatic hydroxyl groups is 1. The summed E-state index contributed by atoms with van der Waals surface area (Å²) in [4.78, 5) is 0. The van der Waals surface area contributed by atoms with Gasteiger partial charge in [0.05, 0.1) is 0 Å². The van der Waals surface area contributed by atoms with E-state index >= 15 is 0 Å². The van der Waals surface area contributed by atoms with Gasteiger partial charge in [-0.3, -0.25) is 0 Å². The molecule has 0 spiro atoms. The van der Waals surface area contributed by atoms with Crippen LogP contribution in [-0.2, 0) is 0 Å². The molecule has 0 saturated heterocycles. The van der Waals surface area contributed by atoms with Crippen LogP contribution < -0.4 is 0 Å². The van der Waals surface area contributed by atoms with Crippen LogP contribution in [0.1, 0.15) is 11.1 Å². The van der Waals surface area contributed by atoms with E-state index < -0.39 is 0 Å². The lowest BCUT2D eigenvalue weighted by molar-refractivity contribution is 0.467. The van der Waals surface area contributed by atoms with Crippen molar-refractivity contribution >= 4 is 22.0 Å². The minimum Gasteiger partial charge on any atom is -0.507 e. The fourth-order valence-electron chi connectivity index (χ4n) is 1.06. The minimum absolute atomic E-state index is 0.138. The summed E-state index contributed by atoms with van der Waals surface area (Å²) < 4.78 is 12.9. The van der Waals surface area contributed by atoms with E-state index in [1.54, 1.807) is 19.1 Å². The molecule has 1 aromatic rings. The second-order valence-corrected chi connectivity index (χ2v) is 3.36. The van der Waals surface area contributed by atoms with Gasteiger partial charge in [0, 0.05) is 10.9 Å². The summed E-state index contributed by atoms with van der Waals surface area (Å²) >= 11 is 3.21. The Labute approximate surface area is 85.0 Å². The van der Waals surface area contributed by atoms with Crippen LogP contribution in [-0.4, -0.2) is 10.4 Å². The van der Waals surface area contributed by atoms with Gasteiger partial charge in [-0.15, -0.1) is 0 Å². The number of hydrogen-bond acceptors (Lipinski definition) is 1. The molecule has 0 aliphatic rings. The molecule has 0 unspecified atom stereocenters. The van der Waals surface area contributed by atoms with E-state index in [4.69, 9.17) is 0 Å². The van der Waals surface area contributed by atoms with Crippen LogP contribution in [0.2, 0.25) is 0 Å². The zero-order valence-corrected chi connectivity index (χ0v) is 8.81. The molecule has 0 bridgehead atoms. The number of rotatable bonds is 2. The van der Waals surface area contributed by atoms with Crippen LogP contribution in [0.3, 0.4) is 0 Å². The van der Waals surface area contributed by atoms with Gasteiger partial charge in [0.1, 0.15) is 11.6 Å². The van der Waals surface area contributed by atoms with Crippen LogP contribution in [0, 0.1) is 12.7 Å². The van der Waals surface area contributed by atoms with Gasteiger partial charge >= 0.3 is 0 Å². The van der Waals surface area contributed by atoms with Gasteiger partial charge < -0.3 is 5.11 Å². The molecule has 0 radical (unpaired) electrons. The predicted molar refractivity (Wildman–Crippen MR) is 55.6 cm³/mol. The monoisotopic (exact) mass is 244 g/mol. The Bertz CT molecular complexity index is 334.